The summed E-state index contributed by atoms with van der Waals surface area (Å²) in [7, 11) is 0. The van der Waals surface area contributed by atoms with Gasteiger partial charge in [-0.2, -0.15) is 0 Å². The lowest BCUT2D eigenvalue weighted by atomic mass is 9.96. The first-order chi connectivity index (χ1) is 12.3. The van der Waals surface area contributed by atoms with Gasteiger partial charge in [0, 0.05) is 17.3 Å². The zero-order valence-electron chi connectivity index (χ0n) is 14.2. The maximum atomic E-state index is 4.51. The van der Waals surface area contributed by atoms with Crippen molar-refractivity contribution in [2.75, 3.05) is 5.32 Å². The van der Waals surface area contributed by atoms with Crippen LogP contribution in [0.15, 0.2) is 91.1 Å². The number of aromatic nitrogens is 1. The van der Waals surface area contributed by atoms with Crippen LogP contribution in [0.5, 0.6) is 0 Å². The second kappa shape index (κ2) is 6.78. The van der Waals surface area contributed by atoms with Gasteiger partial charge in [-0.3, -0.25) is 4.98 Å². The van der Waals surface area contributed by atoms with Crippen molar-refractivity contribution in [3.05, 3.63) is 108 Å². The molecule has 0 bridgehead atoms. The van der Waals surface area contributed by atoms with Gasteiger partial charge in [0.25, 0.3) is 0 Å². The summed E-state index contributed by atoms with van der Waals surface area (Å²) in [6.07, 6.45) is 1.85. The zero-order chi connectivity index (χ0) is 17.1. The highest BCUT2D eigenvalue weighted by Crippen LogP contribution is 2.29. The molecule has 0 amide bonds. The number of fused-ring (bicyclic) bond motifs is 1. The van der Waals surface area contributed by atoms with E-state index in [1.165, 1.54) is 16.7 Å². The number of benzene rings is 3. The van der Waals surface area contributed by atoms with Gasteiger partial charge in [-0.25, -0.2) is 0 Å². The molecule has 0 spiro atoms. The van der Waals surface area contributed by atoms with E-state index in [4.69, 9.17) is 0 Å². The first-order valence-corrected chi connectivity index (χ1v) is 8.53. The van der Waals surface area contributed by atoms with Gasteiger partial charge >= 0.3 is 0 Å². The van der Waals surface area contributed by atoms with Crippen LogP contribution in [0.25, 0.3) is 10.9 Å². The Morgan fingerprint density at radius 3 is 2.40 bits per heavy atom. The van der Waals surface area contributed by atoms with Crippen molar-refractivity contribution in [1.82, 2.24) is 4.98 Å². The van der Waals surface area contributed by atoms with E-state index >= 15 is 0 Å². The molecular formula is C23H20N2. The molecule has 0 fully saturated rings. The van der Waals surface area contributed by atoms with Crippen molar-refractivity contribution >= 4 is 16.6 Å². The van der Waals surface area contributed by atoms with E-state index in [-0.39, 0.29) is 6.04 Å². The van der Waals surface area contributed by atoms with Crippen LogP contribution >= 0.6 is 0 Å². The lowest BCUT2D eigenvalue weighted by molar-refractivity contribution is 0.938. The van der Waals surface area contributed by atoms with Gasteiger partial charge in [-0.15, -0.1) is 0 Å². The minimum Gasteiger partial charge on any atom is -0.374 e. The minimum absolute atomic E-state index is 0.0775. The number of nitrogens with zero attached hydrogens (tertiary/aromatic N) is 1. The molecule has 25 heavy (non-hydrogen) atoms. The number of para-hydroxylation sites is 1. The van der Waals surface area contributed by atoms with Crippen LogP contribution in [-0.2, 0) is 0 Å². The highest BCUT2D eigenvalue weighted by Gasteiger charge is 2.15. The molecule has 1 aromatic heterocycles. The molecule has 122 valence electrons. The predicted octanol–water partition coefficient (Wildman–Crippen LogP) is 5.74. The minimum atomic E-state index is 0.0775. The van der Waals surface area contributed by atoms with Gasteiger partial charge in [-0.05, 0) is 41.8 Å². The fourth-order valence-corrected chi connectivity index (χ4v) is 3.16. The molecule has 2 nitrogen and oxygen atoms in total. The number of nitrogens with one attached hydrogen (secondary N) is 1. The monoisotopic (exact) mass is 324 g/mol. The summed E-state index contributed by atoms with van der Waals surface area (Å²) in [6.45, 7) is 2.13. The van der Waals surface area contributed by atoms with Gasteiger partial charge in [0.2, 0.25) is 0 Å². The van der Waals surface area contributed by atoms with E-state index in [1.807, 2.05) is 12.3 Å². The number of pyridine rings is 1. The first-order valence-electron chi connectivity index (χ1n) is 8.53. The van der Waals surface area contributed by atoms with E-state index < -0.39 is 0 Å². The third-order valence-electron chi connectivity index (χ3n) is 4.54. The van der Waals surface area contributed by atoms with E-state index in [0.29, 0.717) is 0 Å². The Morgan fingerprint density at radius 2 is 1.56 bits per heavy atom. The summed E-state index contributed by atoms with van der Waals surface area (Å²) in [5, 5.41) is 4.88. The molecule has 0 aliphatic rings. The average Bonchev–Trinajstić information content (AvgIpc) is 2.68. The summed E-state index contributed by atoms with van der Waals surface area (Å²) < 4.78 is 0. The molecule has 1 N–H and O–H groups in total. The van der Waals surface area contributed by atoms with Crippen molar-refractivity contribution in [3.8, 4) is 0 Å². The lowest BCUT2D eigenvalue weighted by Crippen LogP contribution is -2.13. The SMILES string of the molecule is Cc1ccccc1NC(c1ccccc1)c1ccc2cccnc2c1. The highest BCUT2D eigenvalue weighted by molar-refractivity contribution is 5.79. The number of rotatable bonds is 4. The zero-order valence-corrected chi connectivity index (χ0v) is 14.2. The molecule has 0 radical (unpaired) electrons. The molecular weight excluding hydrogens is 304 g/mol. The lowest BCUT2D eigenvalue weighted by Gasteiger charge is -2.22. The van der Waals surface area contributed by atoms with Crippen LogP contribution in [0.2, 0.25) is 0 Å². The molecule has 0 saturated heterocycles. The van der Waals surface area contributed by atoms with E-state index in [9.17, 15) is 0 Å². The molecule has 3 aromatic carbocycles. The van der Waals surface area contributed by atoms with Crippen LogP contribution in [0.1, 0.15) is 22.7 Å². The number of hydrogen-bond acceptors (Lipinski definition) is 2. The van der Waals surface area contributed by atoms with Gasteiger partial charge in [0.1, 0.15) is 0 Å². The van der Waals surface area contributed by atoms with Crippen LogP contribution in [0, 0.1) is 6.92 Å². The third kappa shape index (κ3) is 3.24. The molecule has 1 atom stereocenters. The molecule has 4 rings (SSSR count). The predicted molar refractivity (Wildman–Crippen MR) is 105 cm³/mol. The first kappa shape index (κ1) is 15.4. The topological polar surface area (TPSA) is 24.9 Å². The summed E-state index contributed by atoms with van der Waals surface area (Å²) in [5.74, 6) is 0. The molecule has 1 heterocycles. The number of anilines is 1. The quantitative estimate of drug-likeness (QED) is 0.517. The number of aryl methyl sites for hydroxylation is 1. The molecule has 0 saturated carbocycles. The maximum absolute atomic E-state index is 4.51. The Balaban J connectivity index is 1.80. The van der Waals surface area contributed by atoms with Gasteiger partial charge in [0.05, 0.1) is 11.6 Å². The largest absolute Gasteiger partial charge is 0.374 e. The summed E-state index contributed by atoms with van der Waals surface area (Å²) in [4.78, 5) is 4.51. The summed E-state index contributed by atoms with van der Waals surface area (Å²) in [5.41, 5.74) is 5.86. The smallest absolute Gasteiger partial charge is 0.0768 e. The van der Waals surface area contributed by atoms with Crippen LogP contribution in [0.4, 0.5) is 5.69 Å². The maximum Gasteiger partial charge on any atom is 0.0768 e. The van der Waals surface area contributed by atoms with Crippen molar-refractivity contribution < 1.29 is 0 Å². The molecule has 0 aliphatic carbocycles. The van der Waals surface area contributed by atoms with Crippen molar-refractivity contribution in [2.24, 2.45) is 0 Å². The van der Waals surface area contributed by atoms with Crippen molar-refractivity contribution in [1.29, 1.82) is 0 Å². The van der Waals surface area contributed by atoms with Crippen molar-refractivity contribution in [2.45, 2.75) is 13.0 Å². The second-order valence-electron chi connectivity index (χ2n) is 6.26. The fraction of sp³-hybridized carbons (Fsp3) is 0.0870. The average molecular weight is 324 g/mol. The summed E-state index contributed by atoms with van der Waals surface area (Å²) >= 11 is 0. The highest BCUT2D eigenvalue weighted by atomic mass is 14.9. The van der Waals surface area contributed by atoms with Gasteiger partial charge < -0.3 is 5.32 Å². The normalized spacial score (nSPS) is 12.0. The van der Waals surface area contributed by atoms with Crippen molar-refractivity contribution in [3.63, 3.8) is 0 Å². The molecule has 4 aromatic rings. The Bertz CT molecular complexity index is 993. The van der Waals surface area contributed by atoms with Gasteiger partial charge in [0.15, 0.2) is 0 Å². The number of hydrogen-bond donors (Lipinski definition) is 1. The van der Waals surface area contributed by atoms with Crippen LogP contribution in [-0.4, -0.2) is 4.98 Å². The Hall–Kier alpha value is -3.13. The Morgan fingerprint density at radius 1 is 0.760 bits per heavy atom. The van der Waals surface area contributed by atoms with Crippen LogP contribution in [0.3, 0.4) is 0 Å². The second-order valence-corrected chi connectivity index (χ2v) is 6.26. The van der Waals surface area contributed by atoms with Gasteiger partial charge in [-0.1, -0.05) is 66.7 Å². The third-order valence-corrected chi connectivity index (χ3v) is 4.54. The summed E-state index contributed by atoms with van der Waals surface area (Å²) in [6, 6.07) is 29.6. The Labute approximate surface area is 148 Å². The van der Waals surface area contributed by atoms with E-state index in [1.54, 1.807) is 0 Å². The van der Waals surface area contributed by atoms with E-state index in [2.05, 4.69) is 96.1 Å². The van der Waals surface area contributed by atoms with E-state index in [0.717, 1.165) is 16.6 Å². The standard InChI is InChI=1S/C23H20N2/c1-17-8-5-6-12-21(17)25-23(19-9-3-2-4-10-19)20-14-13-18-11-7-15-24-22(18)16-20/h2-16,23,25H,1H3. The molecule has 2 heteroatoms. The Kier molecular flexibility index (Phi) is 4.17. The molecule has 1 unspecified atom stereocenters. The van der Waals surface area contributed by atoms with Crippen LogP contribution < -0.4 is 5.32 Å². The fourth-order valence-electron chi connectivity index (χ4n) is 3.16. The molecule has 0 aliphatic heterocycles.